The van der Waals surface area contributed by atoms with Crippen molar-refractivity contribution in [3.05, 3.63) is 60.3 Å². The Labute approximate surface area is 214 Å². The van der Waals surface area contributed by atoms with E-state index in [9.17, 15) is 9.90 Å². The third kappa shape index (κ3) is 3.82. The average Bonchev–Trinajstić information content (AvgIpc) is 3.34. The van der Waals surface area contributed by atoms with Crippen LogP contribution in [0, 0.1) is 0 Å². The number of hydrogen-bond donors (Lipinski definition) is 2. The van der Waals surface area contributed by atoms with E-state index in [1.165, 1.54) is 0 Å². The van der Waals surface area contributed by atoms with Crippen molar-refractivity contribution in [2.75, 3.05) is 51.3 Å². The number of H-pyrrole nitrogens is 1. The molecule has 7 rings (SSSR count). The second-order valence-electron chi connectivity index (χ2n) is 10.2. The van der Waals surface area contributed by atoms with Crippen LogP contribution in [-0.4, -0.2) is 94.5 Å². The highest BCUT2D eigenvalue weighted by Crippen LogP contribution is 2.39. The smallest absolute Gasteiger partial charge is 0.254 e. The maximum absolute atomic E-state index is 12.5. The predicted octanol–water partition coefficient (Wildman–Crippen LogP) is 2.62. The first-order chi connectivity index (χ1) is 18.0. The summed E-state index contributed by atoms with van der Waals surface area (Å²) in [5.74, 6) is 0.855. The molecule has 188 valence electrons. The zero-order valence-electron chi connectivity index (χ0n) is 20.6. The van der Waals surface area contributed by atoms with Gasteiger partial charge in [-0.2, -0.15) is 5.10 Å². The van der Waals surface area contributed by atoms with Crippen LogP contribution in [0.15, 0.2) is 54.7 Å². The molecule has 3 aliphatic rings. The van der Waals surface area contributed by atoms with Gasteiger partial charge in [-0.05, 0) is 42.9 Å². The first-order valence-electron chi connectivity index (χ1n) is 12.7. The number of aliphatic hydroxyl groups is 1. The molecule has 2 saturated heterocycles. The van der Waals surface area contributed by atoms with Gasteiger partial charge in [0.05, 0.1) is 23.5 Å². The number of hydrogen-bond acceptors (Lipinski definition) is 7. The minimum absolute atomic E-state index is 0.0622. The number of aromatic nitrogens is 3. The number of likely N-dealkylation sites (N-methyl/N-ethyl adjacent to an activating group) is 1. The molecule has 3 aliphatic heterocycles. The first kappa shape index (κ1) is 22.3. The molecule has 37 heavy (non-hydrogen) atoms. The molecule has 0 aliphatic carbocycles. The lowest BCUT2D eigenvalue weighted by Crippen LogP contribution is -2.56. The number of nitrogens with one attached hydrogen (secondary N) is 1. The van der Waals surface area contributed by atoms with Gasteiger partial charge in [0.25, 0.3) is 5.91 Å². The second kappa shape index (κ2) is 8.57. The van der Waals surface area contributed by atoms with Gasteiger partial charge < -0.3 is 24.5 Å². The van der Waals surface area contributed by atoms with Crippen LogP contribution in [-0.2, 0) is 0 Å². The van der Waals surface area contributed by atoms with Gasteiger partial charge in [0.15, 0.2) is 5.65 Å². The number of carbonyl (C=O) groups is 1. The van der Waals surface area contributed by atoms with Gasteiger partial charge in [-0.3, -0.25) is 9.89 Å². The average molecular weight is 497 g/mol. The Morgan fingerprint density at radius 3 is 2.65 bits per heavy atom. The lowest BCUT2D eigenvalue weighted by molar-refractivity contribution is 0.00590. The second-order valence-corrected chi connectivity index (χ2v) is 10.2. The molecule has 9 heteroatoms. The summed E-state index contributed by atoms with van der Waals surface area (Å²) in [7, 11) is 2.16. The molecule has 4 aromatic rings. The van der Waals surface area contributed by atoms with Crippen LogP contribution in [0.2, 0.25) is 0 Å². The fourth-order valence-electron chi connectivity index (χ4n) is 5.56. The number of rotatable bonds is 3. The number of likely N-dealkylation sites (tertiary alicyclic amines) is 1. The van der Waals surface area contributed by atoms with E-state index in [2.05, 4.69) is 56.3 Å². The number of fused-ring (bicyclic) bond motifs is 4. The number of piperazine rings is 1. The van der Waals surface area contributed by atoms with Crippen molar-refractivity contribution in [3.8, 4) is 28.1 Å². The van der Waals surface area contributed by atoms with Crippen molar-refractivity contribution in [3.63, 3.8) is 0 Å². The van der Waals surface area contributed by atoms with Gasteiger partial charge in [0.1, 0.15) is 12.4 Å². The summed E-state index contributed by atoms with van der Waals surface area (Å²) in [5, 5.41) is 17.9. The van der Waals surface area contributed by atoms with Gasteiger partial charge in [-0.25, -0.2) is 4.98 Å². The molecule has 0 radical (unpaired) electrons. The summed E-state index contributed by atoms with van der Waals surface area (Å²) in [4.78, 5) is 23.6. The Kier molecular flexibility index (Phi) is 5.16. The number of benzene rings is 2. The minimum Gasteiger partial charge on any atom is -0.489 e. The van der Waals surface area contributed by atoms with Crippen molar-refractivity contribution < 1.29 is 14.6 Å². The van der Waals surface area contributed by atoms with E-state index in [1.54, 1.807) is 4.90 Å². The number of aliphatic hydroxyl groups excluding tert-OH is 1. The zero-order chi connectivity index (χ0) is 25.1. The molecule has 0 saturated carbocycles. The number of amides is 1. The maximum Gasteiger partial charge on any atom is 0.254 e. The van der Waals surface area contributed by atoms with E-state index in [4.69, 9.17) is 4.74 Å². The van der Waals surface area contributed by atoms with Gasteiger partial charge in [0.2, 0.25) is 0 Å². The van der Waals surface area contributed by atoms with Crippen LogP contribution in [0.4, 0.5) is 5.69 Å². The van der Waals surface area contributed by atoms with Gasteiger partial charge in [0, 0.05) is 61.0 Å². The summed E-state index contributed by atoms with van der Waals surface area (Å²) >= 11 is 0. The molecular weight excluding hydrogens is 468 g/mol. The van der Waals surface area contributed by atoms with E-state index in [1.807, 2.05) is 30.5 Å². The summed E-state index contributed by atoms with van der Waals surface area (Å²) in [6.07, 6.45) is 1.44. The fraction of sp³-hybridized carbons (Fsp3) is 0.321. The molecule has 0 bridgehead atoms. The quantitative estimate of drug-likeness (QED) is 0.450. The topological polar surface area (TPSA) is 97.8 Å². The summed E-state index contributed by atoms with van der Waals surface area (Å²) in [5.41, 5.74) is 6.23. The number of anilines is 1. The predicted molar refractivity (Wildman–Crippen MR) is 141 cm³/mol. The van der Waals surface area contributed by atoms with Crippen LogP contribution >= 0.6 is 0 Å². The molecule has 5 heterocycles. The third-order valence-electron chi connectivity index (χ3n) is 7.70. The Bertz CT molecular complexity index is 1490. The van der Waals surface area contributed by atoms with Crippen molar-refractivity contribution in [1.29, 1.82) is 0 Å². The van der Waals surface area contributed by atoms with Crippen LogP contribution in [0.3, 0.4) is 0 Å². The number of β-amino-alcohol motifs (C(OH)–C–C–N with tert-alkyl or cyclic N) is 1. The fourth-order valence-corrected chi connectivity index (χ4v) is 5.56. The molecule has 2 N–H and O–H groups in total. The van der Waals surface area contributed by atoms with E-state index in [0.717, 1.165) is 58.8 Å². The lowest BCUT2D eigenvalue weighted by atomic mass is 10.0. The van der Waals surface area contributed by atoms with E-state index in [-0.39, 0.29) is 5.91 Å². The van der Waals surface area contributed by atoms with Crippen molar-refractivity contribution in [2.24, 2.45) is 0 Å². The third-order valence-corrected chi connectivity index (χ3v) is 7.70. The normalized spacial score (nSPS) is 19.8. The van der Waals surface area contributed by atoms with Gasteiger partial charge >= 0.3 is 0 Å². The molecule has 0 spiro atoms. The van der Waals surface area contributed by atoms with Crippen molar-refractivity contribution >= 4 is 22.6 Å². The molecule has 2 aromatic carbocycles. The molecule has 1 amide bonds. The number of carbonyl (C=O) groups excluding carboxylic acids is 1. The Morgan fingerprint density at radius 2 is 1.84 bits per heavy atom. The van der Waals surface area contributed by atoms with Crippen molar-refractivity contribution in [1.82, 2.24) is 25.0 Å². The monoisotopic (exact) mass is 496 g/mol. The Balaban J connectivity index is 1.17. The molecule has 1 atom stereocenters. The molecular formula is C28H28N6O3. The Morgan fingerprint density at radius 1 is 1.03 bits per heavy atom. The SMILES string of the molecule is CN1CCN2c3ccc(-c4cnc5n[nH]c(-c6ccc(C(=O)N7CC(O)C7)cc6)c5c4)cc3OCC2C1. The minimum atomic E-state index is -0.411. The van der Waals surface area contributed by atoms with E-state index in [0.29, 0.717) is 36.9 Å². The number of ether oxygens (including phenoxy) is 1. The highest BCUT2D eigenvalue weighted by molar-refractivity contribution is 5.97. The highest BCUT2D eigenvalue weighted by atomic mass is 16.5. The highest BCUT2D eigenvalue weighted by Gasteiger charge is 2.32. The number of nitrogens with zero attached hydrogens (tertiary/aromatic N) is 5. The number of pyridine rings is 1. The number of aromatic amines is 1. The molecule has 2 aromatic heterocycles. The molecule has 2 fully saturated rings. The maximum atomic E-state index is 12.5. The molecule has 1 unspecified atom stereocenters. The van der Waals surface area contributed by atoms with Crippen LogP contribution < -0.4 is 9.64 Å². The largest absolute Gasteiger partial charge is 0.489 e. The van der Waals surface area contributed by atoms with Crippen LogP contribution in [0.25, 0.3) is 33.4 Å². The van der Waals surface area contributed by atoms with E-state index < -0.39 is 6.10 Å². The van der Waals surface area contributed by atoms with Crippen molar-refractivity contribution in [2.45, 2.75) is 12.1 Å². The van der Waals surface area contributed by atoms with Gasteiger partial charge in [-0.15, -0.1) is 0 Å². The summed E-state index contributed by atoms with van der Waals surface area (Å²) < 4.78 is 6.18. The van der Waals surface area contributed by atoms with Crippen LogP contribution in [0.1, 0.15) is 10.4 Å². The summed E-state index contributed by atoms with van der Waals surface area (Å²) in [6, 6.07) is 16.4. The zero-order valence-corrected chi connectivity index (χ0v) is 20.6. The summed E-state index contributed by atoms with van der Waals surface area (Å²) in [6.45, 7) is 4.56. The van der Waals surface area contributed by atoms with Gasteiger partial charge in [-0.1, -0.05) is 18.2 Å². The molecule has 9 nitrogen and oxygen atoms in total. The lowest BCUT2D eigenvalue weighted by Gasteiger charge is -2.44. The standard InChI is InChI=1S/C28H28N6O3/c1-32-8-9-34-21(13-32)16-37-25-11-19(6-7-24(25)34)20-10-23-26(30-31-27(23)29-12-20)17-2-4-18(5-3-17)28(36)33-14-22(35)15-33/h2-7,10-12,21-22,35H,8-9,13-16H2,1H3,(H,29,30,31). The first-order valence-corrected chi connectivity index (χ1v) is 12.7. The van der Waals surface area contributed by atoms with E-state index >= 15 is 0 Å². The van der Waals surface area contributed by atoms with Crippen LogP contribution in [0.5, 0.6) is 5.75 Å². The Hall–Kier alpha value is -3.95.